The summed E-state index contributed by atoms with van der Waals surface area (Å²) in [5.41, 5.74) is 2.07. The van der Waals surface area contributed by atoms with Crippen LogP contribution in [0.2, 0.25) is 0 Å². The summed E-state index contributed by atoms with van der Waals surface area (Å²) in [5.74, 6) is -0.618. The normalized spacial score (nSPS) is 30.4. The molecule has 2 N–H and O–H groups in total. The lowest BCUT2D eigenvalue weighted by Gasteiger charge is -2.32. The van der Waals surface area contributed by atoms with E-state index in [0.717, 1.165) is 0 Å². The Bertz CT molecular complexity index is 768. The number of halogens is 3. The zero-order valence-corrected chi connectivity index (χ0v) is 15.8. The first-order valence-corrected chi connectivity index (χ1v) is 8.82. The molecule has 2 aliphatic carbocycles. The lowest BCUT2D eigenvalue weighted by molar-refractivity contribution is -0.0632. The third-order valence-corrected chi connectivity index (χ3v) is 5.26. The fourth-order valence-electron chi connectivity index (χ4n) is 3.84. The lowest BCUT2D eigenvalue weighted by atomic mass is 9.75. The fraction of sp³-hybridized carbons (Fsp3) is 0.526. The van der Waals surface area contributed by atoms with Crippen LogP contribution in [0.3, 0.4) is 0 Å². The first kappa shape index (κ1) is 20.3. The average Bonchev–Trinajstić information content (AvgIpc) is 3.12. The number of allylic oxidation sites excluding steroid dienone is 3. The number of alkyl halides is 3. The molecule has 0 spiro atoms. The molecule has 0 fully saturated rings. The summed E-state index contributed by atoms with van der Waals surface area (Å²) in [6.45, 7) is 0. The summed E-state index contributed by atoms with van der Waals surface area (Å²) in [4.78, 5) is 0. The largest absolute Gasteiger partial charge is 0.512 e. The van der Waals surface area contributed by atoms with Crippen LogP contribution >= 0.6 is 0 Å². The van der Waals surface area contributed by atoms with Crippen molar-refractivity contribution in [3.8, 4) is 0 Å². The van der Waals surface area contributed by atoms with Crippen LogP contribution in [0.1, 0.15) is 12.8 Å². The van der Waals surface area contributed by atoms with Crippen molar-refractivity contribution in [3.63, 3.8) is 0 Å². The van der Waals surface area contributed by atoms with Crippen LogP contribution in [-0.4, -0.2) is 50.5 Å². The minimum atomic E-state index is -4.59. The number of hydrazone groups is 1. The molecule has 4 unspecified atom stereocenters. The van der Waals surface area contributed by atoms with E-state index in [-0.39, 0.29) is 24.7 Å². The van der Waals surface area contributed by atoms with E-state index < -0.39 is 29.8 Å². The highest BCUT2D eigenvalue weighted by atomic mass is 19.4. The molecule has 0 radical (unpaired) electrons. The Morgan fingerprint density at radius 3 is 2.43 bits per heavy atom. The van der Waals surface area contributed by atoms with Crippen molar-refractivity contribution in [1.82, 2.24) is 5.43 Å². The average molecular weight is 400 g/mol. The van der Waals surface area contributed by atoms with E-state index >= 15 is 0 Å². The Hall–Kier alpha value is -2.42. The molecule has 3 aliphatic rings. The maximum Gasteiger partial charge on any atom is 0.431 e. The summed E-state index contributed by atoms with van der Waals surface area (Å²) in [6.07, 6.45) is 2.14. The number of aliphatic hydroxyl groups excluding tert-OH is 1. The summed E-state index contributed by atoms with van der Waals surface area (Å²) in [6, 6.07) is -0.817. The van der Waals surface area contributed by atoms with Crippen LogP contribution in [0.4, 0.5) is 13.2 Å². The summed E-state index contributed by atoms with van der Waals surface area (Å²) >= 11 is 0. The Morgan fingerprint density at radius 1 is 1.11 bits per heavy atom. The van der Waals surface area contributed by atoms with E-state index in [1.165, 1.54) is 21.3 Å². The summed E-state index contributed by atoms with van der Waals surface area (Å²) in [7, 11) is 4.44. The minimum Gasteiger partial charge on any atom is -0.512 e. The second kappa shape index (κ2) is 7.90. The standard InChI is InChI=1S/C19H23F3N2O4/c1-26-11-5-6-12(13(25)9-11)17-16(18(24-23-17)19(20,21)22)10-4-7-14(27-2)15(8-10)28-3/h4-7,10-11,16-17,23,25H,8-9H2,1-3H3. The minimum absolute atomic E-state index is 0.00430. The predicted molar refractivity (Wildman–Crippen MR) is 96.4 cm³/mol. The van der Waals surface area contributed by atoms with E-state index in [2.05, 4.69) is 10.5 Å². The highest BCUT2D eigenvalue weighted by Gasteiger charge is 2.51. The molecular formula is C19H23F3N2O4. The molecule has 4 atom stereocenters. The molecule has 0 aromatic rings. The van der Waals surface area contributed by atoms with Gasteiger partial charge in [-0.05, 0) is 12.0 Å². The van der Waals surface area contributed by atoms with Gasteiger partial charge in [0.2, 0.25) is 0 Å². The van der Waals surface area contributed by atoms with Gasteiger partial charge in [-0.1, -0.05) is 18.2 Å². The van der Waals surface area contributed by atoms with Crippen molar-refractivity contribution >= 4 is 5.71 Å². The van der Waals surface area contributed by atoms with Crippen molar-refractivity contribution in [1.29, 1.82) is 0 Å². The highest BCUT2D eigenvalue weighted by Crippen LogP contribution is 2.41. The van der Waals surface area contributed by atoms with E-state index in [1.54, 1.807) is 24.3 Å². The number of aliphatic hydroxyl groups is 1. The lowest BCUT2D eigenvalue weighted by Crippen LogP contribution is -2.42. The van der Waals surface area contributed by atoms with Gasteiger partial charge in [0.1, 0.15) is 17.2 Å². The Morgan fingerprint density at radius 2 is 1.86 bits per heavy atom. The molecule has 0 saturated carbocycles. The van der Waals surface area contributed by atoms with E-state index in [1.807, 2.05) is 0 Å². The quantitative estimate of drug-likeness (QED) is 0.741. The molecule has 1 aliphatic heterocycles. The number of methoxy groups -OCH3 is 3. The van der Waals surface area contributed by atoms with Gasteiger partial charge in [-0.15, -0.1) is 0 Å². The van der Waals surface area contributed by atoms with Gasteiger partial charge in [-0.2, -0.15) is 18.3 Å². The second-order valence-electron chi connectivity index (χ2n) is 6.79. The summed E-state index contributed by atoms with van der Waals surface area (Å²) < 4.78 is 56.7. The van der Waals surface area contributed by atoms with Crippen molar-refractivity contribution in [2.75, 3.05) is 21.3 Å². The van der Waals surface area contributed by atoms with Crippen LogP contribution < -0.4 is 5.43 Å². The zero-order valence-electron chi connectivity index (χ0n) is 15.8. The number of ether oxygens (including phenoxy) is 3. The Labute approximate surface area is 161 Å². The van der Waals surface area contributed by atoms with Crippen LogP contribution in [-0.2, 0) is 14.2 Å². The van der Waals surface area contributed by atoms with Gasteiger partial charge in [-0.25, -0.2) is 0 Å². The first-order valence-electron chi connectivity index (χ1n) is 8.82. The van der Waals surface area contributed by atoms with Gasteiger partial charge in [0.15, 0.2) is 5.76 Å². The molecule has 0 aromatic heterocycles. The molecule has 0 amide bonds. The van der Waals surface area contributed by atoms with E-state index in [4.69, 9.17) is 14.2 Å². The molecule has 28 heavy (non-hydrogen) atoms. The second-order valence-corrected chi connectivity index (χ2v) is 6.79. The molecule has 9 heteroatoms. The van der Waals surface area contributed by atoms with Crippen molar-refractivity contribution in [2.24, 2.45) is 16.9 Å². The number of nitrogens with one attached hydrogen (secondary N) is 1. The molecule has 0 bridgehead atoms. The van der Waals surface area contributed by atoms with Crippen LogP contribution in [0.15, 0.2) is 52.3 Å². The SMILES string of the molecule is COC1=C(OC)CC(C2C(C(F)(F)F)=NNC2C2=C(O)CC(OC)C=C2)C=C1. The molecule has 3 rings (SSSR count). The smallest absolute Gasteiger partial charge is 0.431 e. The molecule has 0 aromatic carbocycles. The fourth-order valence-corrected chi connectivity index (χ4v) is 3.84. The van der Waals surface area contributed by atoms with E-state index in [0.29, 0.717) is 17.1 Å². The molecule has 1 heterocycles. The van der Waals surface area contributed by atoms with Crippen LogP contribution in [0.5, 0.6) is 0 Å². The first-order chi connectivity index (χ1) is 13.3. The maximum absolute atomic E-state index is 13.7. The number of nitrogens with zero attached hydrogens (tertiary/aromatic N) is 1. The monoisotopic (exact) mass is 400 g/mol. The predicted octanol–water partition coefficient (Wildman–Crippen LogP) is 3.36. The van der Waals surface area contributed by atoms with Crippen LogP contribution in [0.25, 0.3) is 0 Å². The van der Waals surface area contributed by atoms with Gasteiger partial charge >= 0.3 is 6.18 Å². The number of hydrogen-bond donors (Lipinski definition) is 2. The Kier molecular flexibility index (Phi) is 5.74. The van der Waals surface area contributed by atoms with Crippen molar-refractivity contribution < 1.29 is 32.5 Å². The topological polar surface area (TPSA) is 72.3 Å². The van der Waals surface area contributed by atoms with E-state index in [9.17, 15) is 18.3 Å². The summed E-state index contributed by atoms with van der Waals surface area (Å²) in [5, 5.41) is 14.0. The molecule has 154 valence electrons. The number of rotatable bonds is 5. The number of hydrogen-bond acceptors (Lipinski definition) is 6. The third-order valence-electron chi connectivity index (χ3n) is 5.26. The molecule has 6 nitrogen and oxygen atoms in total. The van der Waals surface area contributed by atoms with Gasteiger partial charge in [0.05, 0.1) is 26.4 Å². The van der Waals surface area contributed by atoms with Gasteiger partial charge in [0, 0.05) is 31.4 Å². The van der Waals surface area contributed by atoms with Crippen LogP contribution in [0, 0.1) is 11.8 Å². The van der Waals surface area contributed by atoms with Gasteiger partial charge < -0.3 is 24.7 Å². The highest BCUT2D eigenvalue weighted by molar-refractivity contribution is 5.94. The molecular weight excluding hydrogens is 377 g/mol. The van der Waals surface area contributed by atoms with Crippen molar-refractivity contribution in [2.45, 2.75) is 31.2 Å². The zero-order chi connectivity index (χ0) is 20.5. The Balaban J connectivity index is 1.94. The maximum atomic E-state index is 13.7. The van der Waals surface area contributed by atoms with Crippen molar-refractivity contribution in [3.05, 3.63) is 47.2 Å². The van der Waals surface area contributed by atoms with Gasteiger partial charge in [0.25, 0.3) is 0 Å². The molecule has 0 saturated heterocycles. The van der Waals surface area contributed by atoms with Gasteiger partial charge in [-0.3, -0.25) is 0 Å². The third kappa shape index (κ3) is 3.76.